The van der Waals surface area contributed by atoms with Gasteiger partial charge < -0.3 is 10.6 Å². The first-order valence-corrected chi connectivity index (χ1v) is 8.93. The van der Waals surface area contributed by atoms with E-state index >= 15 is 0 Å². The maximum atomic E-state index is 6.65. The normalized spacial score (nSPS) is 16.2. The monoisotopic (exact) mass is 341 g/mol. The molecule has 1 aromatic heterocycles. The number of pyridine rings is 1. The van der Waals surface area contributed by atoms with Crippen LogP contribution in [0.4, 0.5) is 5.69 Å². The molecule has 0 bridgehead atoms. The van der Waals surface area contributed by atoms with Gasteiger partial charge >= 0.3 is 0 Å². The van der Waals surface area contributed by atoms with Crippen molar-refractivity contribution in [3.63, 3.8) is 0 Å². The van der Waals surface area contributed by atoms with Crippen molar-refractivity contribution in [2.45, 2.75) is 26.4 Å². The van der Waals surface area contributed by atoms with Crippen molar-refractivity contribution in [1.82, 2.24) is 4.98 Å². The zero-order valence-electron chi connectivity index (χ0n) is 15.2. The van der Waals surface area contributed by atoms with Gasteiger partial charge in [0.2, 0.25) is 0 Å². The molecule has 2 heterocycles. The van der Waals surface area contributed by atoms with Gasteiger partial charge in [-0.25, -0.2) is 0 Å². The summed E-state index contributed by atoms with van der Waals surface area (Å²) >= 11 is 0. The third kappa shape index (κ3) is 3.14. The highest BCUT2D eigenvalue weighted by atomic mass is 15.2. The number of hydrogen-bond acceptors (Lipinski definition) is 3. The molecule has 3 heteroatoms. The van der Waals surface area contributed by atoms with Crippen molar-refractivity contribution >= 4 is 11.3 Å². The summed E-state index contributed by atoms with van der Waals surface area (Å²) in [6, 6.07) is 19.2. The molecule has 0 amide bonds. The Morgan fingerprint density at radius 3 is 2.38 bits per heavy atom. The largest absolute Gasteiger partial charge is 0.328 e. The van der Waals surface area contributed by atoms with Crippen molar-refractivity contribution in [1.29, 1.82) is 0 Å². The van der Waals surface area contributed by atoms with Gasteiger partial charge in [0, 0.05) is 24.3 Å². The van der Waals surface area contributed by atoms with E-state index in [-0.39, 0.29) is 6.17 Å². The minimum Gasteiger partial charge on any atom is -0.328 e. The van der Waals surface area contributed by atoms with Gasteiger partial charge in [0.15, 0.2) is 0 Å². The zero-order valence-corrected chi connectivity index (χ0v) is 15.2. The molecule has 1 atom stereocenters. The SMILES string of the molecule is Cc1cc(C)cc(N2C=C(Cc3ccncc3)c3ccccc3C2N)c1. The van der Waals surface area contributed by atoms with Crippen molar-refractivity contribution in [3.8, 4) is 0 Å². The van der Waals surface area contributed by atoms with Crippen LogP contribution >= 0.6 is 0 Å². The molecule has 0 saturated heterocycles. The van der Waals surface area contributed by atoms with Crippen LogP contribution in [-0.4, -0.2) is 4.98 Å². The Kier molecular flexibility index (Phi) is 4.31. The maximum absolute atomic E-state index is 6.65. The Bertz CT molecular complexity index is 940. The summed E-state index contributed by atoms with van der Waals surface area (Å²) in [7, 11) is 0. The van der Waals surface area contributed by atoms with Gasteiger partial charge in [-0.1, -0.05) is 30.3 Å². The van der Waals surface area contributed by atoms with Gasteiger partial charge in [0.1, 0.15) is 6.17 Å². The molecule has 0 radical (unpaired) electrons. The summed E-state index contributed by atoms with van der Waals surface area (Å²) in [4.78, 5) is 6.32. The van der Waals surface area contributed by atoms with E-state index in [4.69, 9.17) is 5.73 Å². The molecule has 1 aliphatic rings. The third-order valence-electron chi connectivity index (χ3n) is 4.87. The molecule has 2 N–H and O–H groups in total. The number of nitrogens with two attached hydrogens (primary N) is 1. The molecule has 130 valence electrons. The lowest BCUT2D eigenvalue weighted by molar-refractivity contribution is 0.717. The highest BCUT2D eigenvalue weighted by Gasteiger charge is 2.25. The molecule has 1 aliphatic heterocycles. The molecule has 0 aliphatic carbocycles. The molecular weight excluding hydrogens is 318 g/mol. The summed E-state index contributed by atoms with van der Waals surface area (Å²) in [6.45, 7) is 4.25. The second-order valence-corrected chi connectivity index (χ2v) is 6.97. The van der Waals surface area contributed by atoms with E-state index in [1.54, 1.807) is 0 Å². The van der Waals surface area contributed by atoms with E-state index in [9.17, 15) is 0 Å². The van der Waals surface area contributed by atoms with Gasteiger partial charge in [-0.3, -0.25) is 4.98 Å². The number of anilines is 1. The summed E-state index contributed by atoms with van der Waals surface area (Å²) in [5.41, 5.74) is 15.2. The first-order valence-electron chi connectivity index (χ1n) is 8.93. The van der Waals surface area contributed by atoms with Crippen LogP contribution in [0.15, 0.2) is 73.2 Å². The predicted molar refractivity (Wildman–Crippen MR) is 108 cm³/mol. The van der Waals surface area contributed by atoms with Crippen LogP contribution < -0.4 is 10.6 Å². The molecule has 3 aromatic rings. The van der Waals surface area contributed by atoms with Crippen LogP contribution in [0.5, 0.6) is 0 Å². The van der Waals surface area contributed by atoms with E-state index in [1.807, 2.05) is 12.4 Å². The lowest BCUT2D eigenvalue weighted by atomic mass is 9.90. The molecule has 26 heavy (non-hydrogen) atoms. The van der Waals surface area contributed by atoms with Gasteiger partial charge in [0.25, 0.3) is 0 Å². The number of nitrogens with zero attached hydrogens (tertiary/aromatic N) is 2. The van der Waals surface area contributed by atoms with Crippen LogP contribution in [0.3, 0.4) is 0 Å². The third-order valence-corrected chi connectivity index (χ3v) is 4.87. The second-order valence-electron chi connectivity index (χ2n) is 6.97. The lowest BCUT2D eigenvalue weighted by Gasteiger charge is -2.35. The van der Waals surface area contributed by atoms with Gasteiger partial charge in [0.05, 0.1) is 0 Å². The standard InChI is InChI=1S/C23H23N3/c1-16-11-17(2)13-20(12-16)26-15-19(14-18-7-9-25-10-8-18)21-5-3-4-6-22(21)23(26)24/h3-13,15,23H,14,24H2,1-2H3. The second kappa shape index (κ2) is 6.77. The maximum Gasteiger partial charge on any atom is 0.108 e. The van der Waals surface area contributed by atoms with Crippen LogP contribution in [0, 0.1) is 13.8 Å². The predicted octanol–water partition coefficient (Wildman–Crippen LogP) is 4.76. The summed E-state index contributed by atoms with van der Waals surface area (Å²) in [6.07, 6.45) is 6.57. The van der Waals surface area contributed by atoms with Gasteiger partial charge in [-0.05, 0) is 77.9 Å². The van der Waals surface area contributed by atoms with Crippen LogP contribution in [-0.2, 0) is 6.42 Å². The van der Waals surface area contributed by atoms with E-state index in [2.05, 4.69) is 84.5 Å². The fraction of sp³-hybridized carbons (Fsp3) is 0.174. The Balaban J connectivity index is 1.81. The number of rotatable bonds is 3. The zero-order chi connectivity index (χ0) is 18.1. The molecule has 1 unspecified atom stereocenters. The van der Waals surface area contributed by atoms with Crippen LogP contribution in [0.1, 0.15) is 34.0 Å². The van der Waals surface area contributed by atoms with Gasteiger partial charge in [-0.15, -0.1) is 0 Å². The molecule has 0 saturated carbocycles. The van der Waals surface area contributed by atoms with Crippen molar-refractivity contribution in [3.05, 3.63) is 101 Å². The van der Waals surface area contributed by atoms with E-state index < -0.39 is 0 Å². The Morgan fingerprint density at radius 1 is 0.962 bits per heavy atom. The molecule has 2 aromatic carbocycles. The summed E-state index contributed by atoms with van der Waals surface area (Å²) < 4.78 is 0. The fourth-order valence-electron chi connectivity index (χ4n) is 3.71. The Labute approximate surface area is 154 Å². The minimum atomic E-state index is -0.186. The first-order chi connectivity index (χ1) is 12.6. The van der Waals surface area contributed by atoms with Crippen LogP contribution in [0.25, 0.3) is 5.57 Å². The number of hydrogen-bond donors (Lipinski definition) is 1. The molecule has 0 fully saturated rings. The minimum absolute atomic E-state index is 0.186. The number of benzene rings is 2. The Hall–Kier alpha value is -2.91. The molecular formula is C23H23N3. The average Bonchev–Trinajstić information content (AvgIpc) is 2.64. The Morgan fingerprint density at radius 2 is 1.65 bits per heavy atom. The topological polar surface area (TPSA) is 42.2 Å². The number of aryl methyl sites for hydroxylation is 2. The quantitative estimate of drug-likeness (QED) is 0.747. The molecule has 3 nitrogen and oxygen atoms in total. The van der Waals surface area contributed by atoms with Crippen molar-refractivity contribution in [2.75, 3.05) is 4.90 Å². The molecule has 0 spiro atoms. The van der Waals surface area contributed by atoms with Crippen LogP contribution in [0.2, 0.25) is 0 Å². The van der Waals surface area contributed by atoms with E-state index in [1.165, 1.54) is 33.4 Å². The van der Waals surface area contributed by atoms with E-state index in [0.717, 1.165) is 12.1 Å². The fourth-order valence-corrected chi connectivity index (χ4v) is 3.71. The van der Waals surface area contributed by atoms with Crippen molar-refractivity contribution < 1.29 is 0 Å². The molecule has 4 rings (SSSR count). The van der Waals surface area contributed by atoms with Gasteiger partial charge in [-0.2, -0.15) is 0 Å². The number of allylic oxidation sites excluding steroid dienone is 1. The average molecular weight is 341 g/mol. The number of aromatic nitrogens is 1. The summed E-state index contributed by atoms with van der Waals surface area (Å²) in [5.74, 6) is 0. The first kappa shape index (κ1) is 16.6. The highest BCUT2D eigenvalue weighted by molar-refractivity contribution is 5.77. The number of fused-ring (bicyclic) bond motifs is 1. The smallest absolute Gasteiger partial charge is 0.108 e. The van der Waals surface area contributed by atoms with Crippen molar-refractivity contribution in [2.24, 2.45) is 5.73 Å². The highest BCUT2D eigenvalue weighted by Crippen LogP contribution is 2.37. The summed E-state index contributed by atoms with van der Waals surface area (Å²) in [5, 5.41) is 0. The van der Waals surface area contributed by atoms with E-state index in [0.29, 0.717) is 0 Å². The lowest BCUT2D eigenvalue weighted by Crippen LogP contribution is -2.34.